The van der Waals surface area contributed by atoms with Gasteiger partial charge in [0.05, 0.1) is 17.2 Å². The van der Waals surface area contributed by atoms with Crippen LogP contribution < -0.4 is 0 Å². The Morgan fingerprint density at radius 3 is 3.07 bits per heavy atom. The summed E-state index contributed by atoms with van der Waals surface area (Å²) in [5.41, 5.74) is 1.55. The quantitative estimate of drug-likeness (QED) is 0.471. The zero-order valence-corrected chi connectivity index (χ0v) is 10.7. The molecule has 3 nitrogen and oxygen atoms in total. The summed E-state index contributed by atoms with van der Waals surface area (Å²) in [5, 5.41) is 2.00. The van der Waals surface area contributed by atoms with Crippen molar-refractivity contribution in [2.24, 2.45) is 7.05 Å². The average molecular weight is 259 g/mol. The fourth-order valence-electron chi connectivity index (χ4n) is 1.37. The van der Waals surface area contributed by atoms with Crippen LogP contribution in [0.15, 0.2) is 5.38 Å². The van der Waals surface area contributed by atoms with Crippen molar-refractivity contribution < 1.29 is 9.53 Å². The van der Waals surface area contributed by atoms with Crippen LogP contribution in [0.3, 0.4) is 0 Å². The normalized spacial score (nSPS) is 10.8. The number of rotatable bonds is 2. The molecular formula is C9H9NO2S3. The minimum absolute atomic E-state index is 0.317. The number of carbonyl (C=O) groups is 1. The minimum atomic E-state index is -0.317. The number of aromatic nitrogens is 1. The molecule has 2 aliphatic rings. The van der Waals surface area contributed by atoms with Crippen molar-refractivity contribution in [2.45, 2.75) is 6.92 Å². The maximum Gasteiger partial charge on any atom is 0.342 e. The van der Waals surface area contributed by atoms with Gasteiger partial charge >= 0.3 is 5.97 Å². The molecule has 0 aliphatic carbocycles. The van der Waals surface area contributed by atoms with E-state index in [1.807, 2.05) is 17.0 Å². The molecule has 0 saturated heterocycles. The Labute approximate surface area is 99.7 Å². The van der Waals surface area contributed by atoms with Gasteiger partial charge < -0.3 is 9.30 Å². The van der Waals surface area contributed by atoms with Crippen LogP contribution in [0.25, 0.3) is 10.6 Å². The third-order valence-corrected chi connectivity index (χ3v) is 4.66. The SMILES string of the molecule is CCOC(=O)c1c2sscc-2n(C)c1=S. The van der Waals surface area contributed by atoms with Crippen LogP contribution >= 0.6 is 32.9 Å². The first-order valence-electron chi connectivity index (χ1n) is 4.40. The van der Waals surface area contributed by atoms with E-state index in [0.29, 0.717) is 16.8 Å². The molecule has 2 aliphatic heterocycles. The molecule has 0 aromatic carbocycles. The van der Waals surface area contributed by atoms with E-state index >= 15 is 0 Å². The second-order valence-electron chi connectivity index (χ2n) is 2.97. The van der Waals surface area contributed by atoms with Gasteiger partial charge in [0.25, 0.3) is 0 Å². The number of nitrogens with zero attached hydrogens (tertiary/aromatic N) is 1. The fraction of sp³-hybridized carbons (Fsp3) is 0.333. The topological polar surface area (TPSA) is 31.2 Å². The van der Waals surface area contributed by atoms with Gasteiger partial charge in [0, 0.05) is 12.4 Å². The maximum absolute atomic E-state index is 11.7. The Balaban J connectivity index is 2.61. The predicted molar refractivity (Wildman–Crippen MR) is 64.6 cm³/mol. The Morgan fingerprint density at radius 1 is 1.67 bits per heavy atom. The molecule has 0 amide bonds. The van der Waals surface area contributed by atoms with Crippen LogP contribution in [0, 0.1) is 4.64 Å². The van der Waals surface area contributed by atoms with Crippen molar-refractivity contribution in [3.8, 4) is 10.6 Å². The zero-order chi connectivity index (χ0) is 11.0. The molecular weight excluding hydrogens is 250 g/mol. The van der Waals surface area contributed by atoms with Crippen LogP contribution in [0.5, 0.6) is 0 Å². The first kappa shape index (κ1) is 10.8. The molecule has 0 unspecified atom stereocenters. The molecule has 0 atom stereocenters. The highest BCUT2D eigenvalue weighted by Crippen LogP contribution is 2.37. The maximum atomic E-state index is 11.7. The third-order valence-electron chi connectivity index (χ3n) is 2.11. The molecule has 0 N–H and O–H groups in total. The van der Waals surface area contributed by atoms with E-state index in [-0.39, 0.29) is 5.97 Å². The van der Waals surface area contributed by atoms with E-state index in [0.717, 1.165) is 10.6 Å². The Hall–Kier alpha value is -0.720. The highest BCUT2D eigenvalue weighted by Gasteiger charge is 2.24. The van der Waals surface area contributed by atoms with E-state index in [9.17, 15) is 4.79 Å². The summed E-state index contributed by atoms with van der Waals surface area (Å²) in [4.78, 5) is 12.6. The molecule has 0 spiro atoms. The Morgan fingerprint density at radius 2 is 2.40 bits per heavy atom. The molecule has 0 saturated carbocycles. The van der Waals surface area contributed by atoms with Crippen LogP contribution in [-0.4, -0.2) is 17.1 Å². The van der Waals surface area contributed by atoms with Crippen molar-refractivity contribution in [1.82, 2.24) is 4.57 Å². The van der Waals surface area contributed by atoms with Crippen LogP contribution in [0.1, 0.15) is 17.3 Å². The largest absolute Gasteiger partial charge is 0.462 e. The Kier molecular flexibility index (Phi) is 2.90. The summed E-state index contributed by atoms with van der Waals surface area (Å²) in [6.07, 6.45) is 0. The molecule has 0 fully saturated rings. The Bertz CT molecular complexity index is 522. The van der Waals surface area contributed by atoms with E-state index in [4.69, 9.17) is 17.0 Å². The second kappa shape index (κ2) is 4.03. The molecule has 0 bridgehead atoms. The first-order chi connectivity index (χ1) is 7.16. The summed E-state index contributed by atoms with van der Waals surface area (Å²) in [6.45, 7) is 2.16. The molecule has 0 aromatic rings. The number of esters is 1. The smallest absolute Gasteiger partial charge is 0.342 e. The lowest BCUT2D eigenvalue weighted by Gasteiger charge is -1.98. The van der Waals surface area contributed by atoms with Crippen LogP contribution in [-0.2, 0) is 11.8 Å². The van der Waals surface area contributed by atoms with Crippen molar-refractivity contribution in [2.75, 3.05) is 6.61 Å². The monoisotopic (exact) mass is 259 g/mol. The lowest BCUT2D eigenvalue weighted by molar-refractivity contribution is 0.0527. The van der Waals surface area contributed by atoms with Crippen molar-refractivity contribution in [3.63, 3.8) is 0 Å². The summed E-state index contributed by atoms with van der Waals surface area (Å²) in [5.74, 6) is -0.317. The first-order valence-corrected chi connectivity index (χ1v) is 7.02. The van der Waals surface area contributed by atoms with Gasteiger partial charge in [0.2, 0.25) is 0 Å². The molecule has 15 heavy (non-hydrogen) atoms. The lowest BCUT2D eigenvalue weighted by Crippen LogP contribution is -2.04. The van der Waals surface area contributed by atoms with Gasteiger partial charge in [-0.15, -0.1) is 0 Å². The molecule has 6 heteroatoms. The van der Waals surface area contributed by atoms with E-state index in [2.05, 4.69) is 0 Å². The van der Waals surface area contributed by atoms with Gasteiger partial charge in [-0.1, -0.05) is 32.9 Å². The van der Waals surface area contributed by atoms with E-state index in [1.165, 1.54) is 0 Å². The predicted octanol–water partition coefficient (Wildman–Crippen LogP) is 3.16. The van der Waals surface area contributed by atoms with Gasteiger partial charge in [0.15, 0.2) is 0 Å². The standard InChI is InChI=1S/C9H9NO2S3/c1-3-12-9(11)6-7-5(4-14-15-7)10(2)8(6)13/h4H,3H2,1-2H3. The van der Waals surface area contributed by atoms with Gasteiger partial charge in [-0.25, -0.2) is 4.79 Å². The lowest BCUT2D eigenvalue weighted by atomic mass is 10.3. The summed E-state index contributed by atoms with van der Waals surface area (Å²) < 4.78 is 7.40. The highest BCUT2D eigenvalue weighted by molar-refractivity contribution is 7.72. The van der Waals surface area contributed by atoms with Gasteiger partial charge in [0.1, 0.15) is 10.2 Å². The number of hydrogen-bond donors (Lipinski definition) is 0. The second-order valence-corrected chi connectivity index (χ2v) is 5.44. The average Bonchev–Trinajstić information content (AvgIpc) is 2.73. The van der Waals surface area contributed by atoms with Crippen LogP contribution in [0.2, 0.25) is 0 Å². The number of carbonyl (C=O) groups excluding carboxylic acids is 1. The summed E-state index contributed by atoms with van der Waals surface area (Å²) in [7, 11) is 5.02. The molecule has 0 radical (unpaired) electrons. The van der Waals surface area contributed by atoms with Crippen molar-refractivity contribution >= 4 is 38.9 Å². The minimum Gasteiger partial charge on any atom is -0.462 e. The fourth-order valence-corrected chi connectivity index (χ4v) is 4.06. The van der Waals surface area contributed by atoms with Crippen molar-refractivity contribution in [3.05, 3.63) is 15.6 Å². The number of fused-ring (bicyclic) bond motifs is 1. The molecule has 80 valence electrons. The number of hydrogen-bond acceptors (Lipinski definition) is 5. The molecule has 2 rings (SSSR count). The zero-order valence-electron chi connectivity index (χ0n) is 8.27. The van der Waals surface area contributed by atoms with Crippen LogP contribution in [0.4, 0.5) is 0 Å². The van der Waals surface area contributed by atoms with Gasteiger partial charge in [-0.2, -0.15) is 0 Å². The molecule has 0 aromatic heterocycles. The summed E-state index contributed by atoms with van der Waals surface area (Å²) in [6, 6.07) is 0. The number of ether oxygens (including phenoxy) is 1. The molecule has 2 heterocycles. The summed E-state index contributed by atoms with van der Waals surface area (Å²) >= 11 is 5.21. The third kappa shape index (κ3) is 1.62. The van der Waals surface area contributed by atoms with Crippen molar-refractivity contribution in [1.29, 1.82) is 0 Å². The van der Waals surface area contributed by atoms with Gasteiger partial charge in [-0.3, -0.25) is 0 Å². The van der Waals surface area contributed by atoms with Gasteiger partial charge in [-0.05, 0) is 6.92 Å². The van der Waals surface area contributed by atoms with E-state index < -0.39 is 0 Å². The highest BCUT2D eigenvalue weighted by atomic mass is 32.9. The van der Waals surface area contributed by atoms with E-state index in [1.54, 1.807) is 27.6 Å².